The molecule has 0 spiro atoms. The van der Waals surface area contributed by atoms with Gasteiger partial charge in [-0.15, -0.1) is 0 Å². The molecule has 0 radical (unpaired) electrons. The fourth-order valence-corrected chi connectivity index (χ4v) is 2.92. The molecular formula is C17H22N2O2S. The molecule has 118 valence electrons. The lowest BCUT2D eigenvalue weighted by Gasteiger charge is -2.17. The van der Waals surface area contributed by atoms with E-state index in [2.05, 4.69) is 22.8 Å². The first kappa shape index (κ1) is 16.6. The second-order valence-electron chi connectivity index (χ2n) is 5.44. The third-order valence-corrected chi connectivity index (χ3v) is 4.28. The van der Waals surface area contributed by atoms with Gasteiger partial charge in [-0.3, -0.25) is 9.59 Å². The highest BCUT2D eigenvalue weighted by Crippen LogP contribution is 2.17. The Morgan fingerprint density at radius 2 is 1.95 bits per heavy atom. The van der Waals surface area contributed by atoms with Gasteiger partial charge in [0.05, 0.1) is 0 Å². The fourth-order valence-electron chi connectivity index (χ4n) is 2.40. The van der Waals surface area contributed by atoms with E-state index in [0.717, 1.165) is 25.0 Å². The first-order valence-corrected chi connectivity index (χ1v) is 8.90. The Bertz CT molecular complexity index is 540. The van der Waals surface area contributed by atoms with E-state index in [0.29, 0.717) is 18.2 Å². The summed E-state index contributed by atoms with van der Waals surface area (Å²) in [6.07, 6.45) is 9.42. The van der Waals surface area contributed by atoms with Crippen LogP contribution < -0.4 is 10.6 Å². The summed E-state index contributed by atoms with van der Waals surface area (Å²) in [6.45, 7) is 0.559. The average molecular weight is 318 g/mol. The van der Waals surface area contributed by atoms with Crippen LogP contribution in [0.4, 0.5) is 5.69 Å². The van der Waals surface area contributed by atoms with Crippen molar-refractivity contribution in [3.8, 4) is 0 Å². The molecule has 22 heavy (non-hydrogen) atoms. The molecule has 1 atom stereocenters. The third kappa shape index (κ3) is 5.22. The standard InChI is InChI=1S/C17H22N2O2S/c1-22-12-14-7-9-15(10-8-14)19-17(21)16(20)18-11-13-5-3-2-4-6-13/h2-3,7-10,13H,4-6,11-12H2,1H3,(H,18,20)(H,19,21). The SMILES string of the molecule is CSCc1ccc(NC(=O)C(=O)NCC2CC=CCC2)cc1. The zero-order chi connectivity index (χ0) is 15.8. The molecule has 5 heteroatoms. The number of carbonyl (C=O) groups excluding carboxylic acids is 2. The Kier molecular flexibility index (Phi) is 6.52. The van der Waals surface area contributed by atoms with Crippen LogP contribution in [0, 0.1) is 5.92 Å². The minimum atomic E-state index is -0.607. The number of thioether (sulfide) groups is 1. The molecule has 0 saturated heterocycles. The van der Waals surface area contributed by atoms with E-state index in [1.807, 2.05) is 30.5 Å². The van der Waals surface area contributed by atoms with E-state index < -0.39 is 11.8 Å². The van der Waals surface area contributed by atoms with Gasteiger partial charge in [0, 0.05) is 18.0 Å². The number of hydrogen-bond acceptors (Lipinski definition) is 3. The van der Waals surface area contributed by atoms with E-state index >= 15 is 0 Å². The van der Waals surface area contributed by atoms with Crippen LogP contribution >= 0.6 is 11.8 Å². The van der Waals surface area contributed by atoms with Gasteiger partial charge in [-0.2, -0.15) is 11.8 Å². The van der Waals surface area contributed by atoms with Crippen LogP contribution in [-0.4, -0.2) is 24.6 Å². The summed E-state index contributed by atoms with van der Waals surface area (Å²) in [7, 11) is 0. The summed E-state index contributed by atoms with van der Waals surface area (Å²) in [6, 6.07) is 7.56. The van der Waals surface area contributed by atoms with Crippen molar-refractivity contribution in [2.24, 2.45) is 5.92 Å². The molecule has 2 rings (SSSR count). The molecule has 1 unspecified atom stereocenters. The van der Waals surface area contributed by atoms with Gasteiger partial charge >= 0.3 is 11.8 Å². The normalized spacial score (nSPS) is 17.0. The van der Waals surface area contributed by atoms with Crippen LogP contribution in [0.3, 0.4) is 0 Å². The fraction of sp³-hybridized carbons (Fsp3) is 0.412. The van der Waals surface area contributed by atoms with Crippen molar-refractivity contribution in [3.05, 3.63) is 42.0 Å². The lowest BCUT2D eigenvalue weighted by molar-refractivity contribution is -0.136. The number of nitrogens with one attached hydrogen (secondary N) is 2. The van der Waals surface area contributed by atoms with E-state index in [1.54, 1.807) is 11.8 Å². The molecule has 1 aromatic rings. The smallest absolute Gasteiger partial charge is 0.313 e. The molecule has 1 aliphatic rings. The molecule has 2 amide bonds. The maximum absolute atomic E-state index is 11.9. The highest BCUT2D eigenvalue weighted by atomic mass is 32.2. The van der Waals surface area contributed by atoms with E-state index in [1.165, 1.54) is 5.56 Å². The number of anilines is 1. The second-order valence-corrected chi connectivity index (χ2v) is 6.31. The Morgan fingerprint density at radius 1 is 1.18 bits per heavy atom. The quantitative estimate of drug-likeness (QED) is 0.648. The Morgan fingerprint density at radius 3 is 2.59 bits per heavy atom. The van der Waals surface area contributed by atoms with Crippen molar-refractivity contribution in [2.45, 2.75) is 25.0 Å². The van der Waals surface area contributed by atoms with Crippen molar-refractivity contribution >= 4 is 29.3 Å². The molecule has 0 heterocycles. The summed E-state index contributed by atoms with van der Waals surface area (Å²) in [4.78, 5) is 23.7. The van der Waals surface area contributed by atoms with Crippen LogP contribution in [0.2, 0.25) is 0 Å². The summed E-state index contributed by atoms with van der Waals surface area (Å²) in [5.74, 6) is 0.198. The van der Waals surface area contributed by atoms with Crippen LogP contribution in [0.5, 0.6) is 0 Å². The van der Waals surface area contributed by atoms with Gasteiger partial charge in [-0.25, -0.2) is 0 Å². The number of allylic oxidation sites excluding steroid dienone is 2. The number of carbonyl (C=O) groups is 2. The van der Waals surface area contributed by atoms with Crippen LogP contribution in [0.25, 0.3) is 0 Å². The van der Waals surface area contributed by atoms with Gasteiger partial charge < -0.3 is 10.6 Å². The number of hydrogen-bond donors (Lipinski definition) is 2. The highest BCUT2D eigenvalue weighted by Gasteiger charge is 2.16. The molecule has 0 aliphatic heterocycles. The Hall–Kier alpha value is -1.75. The summed E-state index contributed by atoms with van der Waals surface area (Å²) < 4.78 is 0. The number of benzene rings is 1. The van der Waals surface area contributed by atoms with Crippen LogP contribution in [0.1, 0.15) is 24.8 Å². The van der Waals surface area contributed by atoms with Gasteiger partial charge in [-0.1, -0.05) is 24.3 Å². The molecule has 2 N–H and O–H groups in total. The van der Waals surface area contributed by atoms with Crippen LogP contribution in [-0.2, 0) is 15.3 Å². The largest absolute Gasteiger partial charge is 0.348 e. The maximum Gasteiger partial charge on any atom is 0.313 e. The third-order valence-electron chi connectivity index (χ3n) is 3.66. The van der Waals surface area contributed by atoms with Crippen molar-refractivity contribution in [2.75, 3.05) is 18.1 Å². The van der Waals surface area contributed by atoms with Gasteiger partial charge in [-0.05, 0) is 49.1 Å². The maximum atomic E-state index is 11.9. The lowest BCUT2D eigenvalue weighted by Crippen LogP contribution is -2.38. The molecule has 1 aromatic carbocycles. The average Bonchev–Trinajstić information content (AvgIpc) is 2.55. The minimum absolute atomic E-state index is 0.438. The van der Waals surface area contributed by atoms with Gasteiger partial charge in [0.2, 0.25) is 0 Å². The van der Waals surface area contributed by atoms with Crippen molar-refractivity contribution < 1.29 is 9.59 Å². The molecule has 4 nitrogen and oxygen atoms in total. The molecule has 1 aliphatic carbocycles. The summed E-state index contributed by atoms with van der Waals surface area (Å²) in [5, 5.41) is 5.34. The molecule has 0 fully saturated rings. The first-order chi connectivity index (χ1) is 10.7. The Balaban J connectivity index is 1.77. The van der Waals surface area contributed by atoms with Crippen molar-refractivity contribution in [1.82, 2.24) is 5.32 Å². The molecule has 0 saturated carbocycles. The summed E-state index contributed by atoms with van der Waals surface area (Å²) >= 11 is 1.74. The zero-order valence-corrected chi connectivity index (χ0v) is 13.6. The zero-order valence-electron chi connectivity index (χ0n) is 12.8. The van der Waals surface area contributed by atoms with E-state index in [-0.39, 0.29) is 0 Å². The number of rotatable bonds is 5. The predicted octanol–water partition coefficient (Wildman–Crippen LogP) is 2.96. The first-order valence-electron chi connectivity index (χ1n) is 7.51. The van der Waals surface area contributed by atoms with E-state index in [9.17, 15) is 9.59 Å². The topological polar surface area (TPSA) is 58.2 Å². The van der Waals surface area contributed by atoms with Gasteiger partial charge in [0.25, 0.3) is 0 Å². The van der Waals surface area contributed by atoms with Gasteiger partial charge in [0.1, 0.15) is 0 Å². The Labute approximate surface area is 135 Å². The number of amides is 2. The van der Waals surface area contributed by atoms with Crippen molar-refractivity contribution in [1.29, 1.82) is 0 Å². The monoisotopic (exact) mass is 318 g/mol. The van der Waals surface area contributed by atoms with E-state index in [4.69, 9.17) is 0 Å². The van der Waals surface area contributed by atoms with Gasteiger partial charge in [0.15, 0.2) is 0 Å². The predicted molar refractivity (Wildman–Crippen MR) is 91.8 cm³/mol. The summed E-state index contributed by atoms with van der Waals surface area (Å²) in [5.41, 5.74) is 1.84. The highest BCUT2D eigenvalue weighted by molar-refractivity contribution is 7.97. The van der Waals surface area contributed by atoms with Crippen LogP contribution in [0.15, 0.2) is 36.4 Å². The molecular weight excluding hydrogens is 296 g/mol. The second kappa shape index (κ2) is 8.63. The molecule has 0 aromatic heterocycles. The molecule has 0 bridgehead atoms. The minimum Gasteiger partial charge on any atom is -0.348 e. The lowest BCUT2D eigenvalue weighted by atomic mass is 9.94. The van der Waals surface area contributed by atoms with Crippen molar-refractivity contribution in [3.63, 3.8) is 0 Å².